The van der Waals surface area contributed by atoms with Crippen LogP contribution in [0.4, 0.5) is 4.79 Å². The first-order chi connectivity index (χ1) is 16.0. The Bertz CT molecular complexity index is 840. The highest BCUT2D eigenvalue weighted by molar-refractivity contribution is 5.87. The second kappa shape index (κ2) is 10.5. The Balaban J connectivity index is 1.38. The van der Waals surface area contributed by atoms with Gasteiger partial charge in [-0.3, -0.25) is 14.8 Å². The highest BCUT2D eigenvalue weighted by Gasteiger charge is 2.44. The zero-order valence-corrected chi connectivity index (χ0v) is 19.1. The van der Waals surface area contributed by atoms with E-state index in [0.717, 1.165) is 32.1 Å². The number of hydrogen-bond donors (Lipinski definition) is 3. The first-order valence-electron chi connectivity index (χ1n) is 12.2. The second-order valence-electron chi connectivity index (χ2n) is 9.90. The summed E-state index contributed by atoms with van der Waals surface area (Å²) in [7, 11) is 0. The molecule has 3 fully saturated rings. The number of rotatable bonds is 4. The molecular formula is C25H35N3O5. The summed E-state index contributed by atoms with van der Waals surface area (Å²) in [5.41, 5.74) is 3.10. The number of carbonyl (C=O) groups excluding carboxylic acids is 2. The van der Waals surface area contributed by atoms with Crippen LogP contribution in [0.1, 0.15) is 56.4 Å². The van der Waals surface area contributed by atoms with Gasteiger partial charge in [-0.2, -0.15) is 0 Å². The molecule has 3 aliphatic rings. The lowest BCUT2D eigenvalue weighted by atomic mass is 9.67. The van der Waals surface area contributed by atoms with Crippen molar-refractivity contribution < 1.29 is 24.7 Å². The van der Waals surface area contributed by atoms with Gasteiger partial charge in [-0.25, -0.2) is 10.3 Å². The molecule has 2 aliphatic heterocycles. The molecule has 2 saturated heterocycles. The van der Waals surface area contributed by atoms with Crippen molar-refractivity contribution in [1.82, 2.24) is 15.3 Å². The van der Waals surface area contributed by atoms with Gasteiger partial charge in [0.2, 0.25) is 11.8 Å². The van der Waals surface area contributed by atoms with E-state index in [4.69, 9.17) is 0 Å². The number of carboxylic acid groups (broad SMARTS) is 1. The molecule has 0 bridgehead atoms. The number of carbonyl (C=O) groups is 3. The maximum absolute atomic E-state index is 13.4. The van der Waals surface area contributed by atoms with Gasteiger partial charge in [-0.1, -0.05) is 30.3 Å². The average Bonchev–Trinajstić information content (AvgIpc) is 2.88. The lowest BCUT2D eigenvalue weighted by Gasteiger charge is -2.43. The van der Waals surface area contributed by atoms with Gasteiger partial charge in [0.15, 0.2) is 0 Å². The van der Waals surface area contributed by atoms with E-state index in [-0.39, 0.29) is 17.7 Å². The molecule has 0 spiro atoms. The molecule has 1 aliphatic carbocycles. The van der Waals surface area contributed by atoms with Crippen molar-refractivity contribution >= 4 is 17.9 Å². The summed E-state index contributed by atoms with van der Waals surface area (Å²) in [5, 5.41) is 18.7. The normalized spacial score (nSPS) is 28.9. The van der Waals surface area contributed by atoms with Crippen LogP contribution in [0.3, 0.4) is 0 Å². The number of amides is 3. The van der Waals surface area contributed by atoms with E-state index in [1.165, 1.54) is 10.5 Å². The molecule has 0 aromatic heterocycles. The number of nitrogens with zero attached hydrogens (tertiary/aromatic N) is 2. The van der Waals surface area contributed by atoms with Crippen molar-refractivity contribution in [2.45, 2.75) is 50.9 Å². The fraction of sp³-hybridized carbons (Fsp3) is 0.640. The summed E-state index contributed by atoms with van der Waals surface area (Å²) in [5.74, 6) is -0.656. The van der Waals surface area contributed by atoms with Gasteiger partial charge < -0.3 is 14.9 Å². The predicted octanol–water partition coefficient (Wildman–Crippen LogP) is 3.32. The maximum Gasteiger partial charge on any atom is 0.407 e. The highest BCUT2D eigenvalue weighted by atomic mass is 16.5. The molecule has 1 saturated carbocycles. The molecule has 1 aromatic rings. The first-order valence-corrected chi connectivity index (χ1v) is 12.2. The Morgan fingerprint density at radius 2 is 1.58 bits per heavy atom. The summed E-state index contributed by atoms with van der Waals surface area (Å²) >= 11 is 0. The molecule has 1 aromatic carbocycles. The van der Waals surface area contributed by atoms with Gasteiger partial charge in [0, 0.05) is 32.1 Å². The van der Waals surface area contributed by atoms with E-state index in [2.05, 4.69) is 12.1 Å². The number of piperidine rings is 2. The summed E-state index contributed by atoms with van der Waals surface area (Å²) in [6.07, 6.45) is 4.61. The largest absolute Gasteiger partial charge is 0.465 e. The van der Waals surface area contributed by atoms with Crippen molar-refractivity contribution in [2.24, 2.45) is 23.7 Å². The fourth-order valence-corrected chi connectivity index (χ4v) is 6.26. The third-order valence-corrected chi connectivity index (χ3v) is 8.13. The summed E-state index contributed by atoms with van der Waals surface area (Å²) < 4.78 is 0. The van der Waals surface area contributed by atoms with E-state index in [1.54, 1.807) is 5.48 Å². The van der Waals surface area contributed by atoms with Crippen LogP contribution in [0.2, 0.25) is 0 Å². The van der Waals surface area contributed by atoms with Crippen molar-refractivity contribution in [3.05, 3.63) is 35.9 Å². The van der Waals surface area contributed by atoms with Crippen LogP contribution in [-0.2, 0) is 9.59 Å². The van der Waals surface area contributed by atoms with Crippen molar-refractivity contribution in [3.63, 3.8) is 0 Å². The lowest BCUT2D eigenvalue weighted by Crippen LogP contribution is -2.49. The molecule has 4 atom stereocenters. The molecule has 1 unspecified atom stereocenters. The molecule has 33 heavy (non-hydrogen) atoms. The summed E-state index contributed by atoms with van der Waals surface area (Å²) in [6.45, 7) is 2.40. The van der Waals surface area contributed by atoms with E-state index in [9.17, 15) is 24.7 Å². The minimum Gasteiger partial charge on any atom is -0.465 e. The van der Waals surface area contributed by atoms with Crippen molar-refractivity contribution in [1.29, 1.82) is 0 Å². The monoisotopic (exact) mass is 457 g/mol. The van der Waals surface area contributed by atoms with E-state index in [0.29, 0.717) is 44.9 Å². The SMILES string of the molecule is O=C(NO)C1C[C@H]([C@@H]2CCCN(C(=O)O)C2)CC[C@@H]1C(=O)N1CCC(c2ccccc2)CC1. The third-order valence-electron chi connectivity index (χ3n) is 8.13. The molecule has 3 N–H and O–H groups in total. The number of benzene rings is 1. The average molecular weight is 458 g/mol. The van der Waals surface area contributed by atoms with Crippen LogP contribution in [0.5, 0.6) is 0 Å². The molecule has 0 radical (unpaired) electrons. The Kier molecular flexibility index (Phi) is 7.53. The Labute approximate surface area is 194 Å². The van der Waals surface area contributed by atoms with Gasteiger partial charge in [-0.05, 0) is 68.3 Å². The topological polar surface area (TPSA) is 110 Å². The quantitative estimate of drug-likeness (QED) is 0.475. The summed E-state index contributed by atoms with van der Waals surface area (Å²) in [6, 6.07) is 10.4. The second-order valence-corrected chi connectivity index (χ2v) is 9.90. The number of nitrogens with one attached hydrogen (secondary N) is 1. The van der Waals surface area contributed by atoms with Gasteiger partial charge in [0.25, 0.3) is 0 Å². The van der Waals surface area contributed by atoms with Gasteiger partial charge in [0.1, 0.15) is 0 Å². The fourth-order valence-electron chi connectivity index (χ4n) is 6.26. The van der Waals surface area contributed by atoms with Gasteiger partial charge >= 0.3 is 6.09 Å². The smallest absolute Gasteiger partial charge is 0.407 e. The van der Waals surface area contributed by atoms with E-state index in [1.807, 2.05) is 23.1 Å². The molecule has 3 amide bonds. The molecular weight excluding hydrogens is 422 g/mol. The molecule has 8 heteroatoms. The molecule has 8 nitrogen and oxygen atoms in total. The van der Waals surface area contributed by atoms with Crippen LogP contribution >= 0.6 is 0 Å². The number of hydroxylamine groups is 1. The number of likely N-dealkylation sites (tertiary alicyclic amines) is 2. The van der Waals surface area contributed by atoms with Crippen LogP contribution < -0.4 is 5.48 Å². The van der Waals surface area contributed by atoms with Crippen molar-refractivity contribution in [2.75, 3.05) is 26.2 Å². The van der Waals surface area contributed by atoms with Crippen LogP contribution in [0.15, 0.2) is 30.3 Å². The van der Waals surface area contributed by atoms with Crippen LogP contribution in [0.25, 0.3) is 0 Å². The molecule has 180 valence electrons. The standard InChI is InChI=1S/C25H35N3O5/c29-23(26-33)22-15-19(20-7-4-12-28(16-20)25(31)32)8-9-21(22)24(30)27-13-10-18(11-14-27)17-5-2-1-3-6-17/h1-3,5-6,18-22,33H,4,7-16H2,(H,26,29)(H,31,32)/t19-,20-,21+,22?/m1/s1. The number of hydrogen-bond acceptors (Lipinski definition) is 4. The summed E-state index contributed by atoms with van der Waals surface area (Å²) in [4.78, 5) is 40.8. The zero-order valence-electron chi connectivity index (χ0n) is 19.1. The predicted molar refractivity (Wildman–Crippen MR) is 122 cm³/mol. The van der Waals surface area contributed by atoms with Crippen LogP contribution in [-0.4, -0.2) is 64.2 Å². The van der Waals surface area contributed by atoms with Crippen LogP contribution in [0, 0.1) is 23.7 Å². The zero-order chi connectivity index (χ0) is 23.4. The minimum atomic E-state index is -0.896. The van der Waals surface area contributed by atoms with E-state index < -0.39 is 23.8 Å². The van der Waals surface area contributed by atoms with Crippen molar-refractivity contribution in [3.8, 4) is 0 Å². The maximum atomic E-state index is 13.4. The molecule has 4 rings (SSSR count). The Morgan fingerprint density at radius 3 is 2.24 bits per heavy atom. The Hall–Kier alpha value is -2.61. The van der Waals surface area contributed by atoms with Gasteiger partial charge in [-0.15, -0.1) is 0 Å². The third kappa shape index (κ3) is 5.32. The minimum absolute atomic E-state index is 0.0179. The highest BCUT2D eigenvalue weighted by Crippen LogP contribution is 2.42. The Morgan fingerprint density at radius 1 is 0.848 bits per heavy atom. The van der Waals surface area contributed by atoms with E-state index >= 15 is 0 Å². The first kappa shape index (κ1) is 23.5. The lowest BCUT2D eigenvalue weighted by molar-refractivity contribution is -0.149. The van der Waals surface area contributed by atoms with Gasteiger partial charge in [0.05, 0.1) is 5.92 Å². The molecule has 2 heterocycles.